The summed E-state index contributed by atoms with van der Waals surface area (Å²) in [4.78, 5) is 14.2. The lowest BCUT2D eigenvalue weighted by molar-refractivity contribution is -0.121. The van der Waals surface area contributed by atoms with Gasteiger partial charge in [0.2, 0.25) is 5.91 Å². The fourth-order valence-corrected chi connectivity index (χ4v) is 3.25. The maximum absolute atomic E-state index is 11.7. The van der Waals surface area contributed by atoms with Gasteiger partial charge in [0.05, 0.1) is 0 Å². The van der Waals surface area contributed by atoms with Crippen molar-refractivity contribution in [3.05, 3.63) is 0 Å². The van der Waals surface area contributed by atoms with Crippen LogP contribution in [0.3, 0.4) is 0 Å². The van der Waals surface area contributed by atoms with Gasteiger partial charge in [-0.1, -0.05) is 12.8 Å². The number of halogens is 2. The summed E-state index contributed by atoms with van der Waals surface area (Å²) in [5.74, 6) is 1.02. The predicted octanol–water partition coefficient (Wildman–Crippen LogP) is 1.95. The molecule has 0 bridgehead atoms. The molecule has 0 aromatic heterocycles. The highest BCUT2D eigenvalue weighted by molar-refractivity contribution is 5.85. The van der Waals surface area contributed by atoms with Gasteiger partial charge in [-0.15, -0.1) is 24.8 Å². The highest BCUT2D eigenvalue weighted by Gasteiger charge is 2.26. The topological polar surface area (TPSA) is 58.4 Å². The molecule has 1 aliphatic carbocycles. The molecule has 1 amide bonds. The molecule has 4 nitrogen and oxygen atoms in total. The van der Waals surface area contributed by atoms with E-state index in [9.17, 15) is 4.79 Å². The Hall–Kier alpha value is -0.0300. The van der Waals surface area contributed by atoms with Crippen molar-refractivity contribution < 1.29 is 4.79 Å². The standard InChI is InChI=1S/C14H27N3O.2ClH/c1-11(15)8-14(18)16-13-6-7-17(10-13)9-12-4-2-3-5-12;;/h11-13H,2-10,15H2,1H3,(H,16,18);2*1H. The van der Waals surface area contributed by atoms with Crippen LogP contribution in [0.1, 0.15) is 45.4 Å². The molecule has 2 fully saturated rings. The largest absolute Gasteiger partial charge is 0.352 e. The molecule has 1 saturated carbocycles. The van der Waals surface area contributed by atoms with Crippen LogP contribution in [0.2, 0.25) is 0 Å². The molecular formula is C14H29Cl2N3O. The van der Waals surface area contributed by atoms with Crippen LogP contribution in [0.25, 0.3) is 0 Å². The first-order valence-corrected chi connectivity index (χ1v) is 7.41. The number of hydrogen-bond acceptors (Lipinski definition) is 3. The summed E-state index contributed by atoms with van der Waals surface area (Å²) in [6, 6.07) is 0.304. The van der Waals surface area contributed by atoms with Crippen LogP contribution >= 0.6 is 24.8 Å². The van der Waals surface area contributed by atoms with E-state index in [4.69, 9.17) is 5.73 Å². The van der Waals surface area contributed by atoms with Crippen molar-refractivity contribution in [3.63, 3.8) is 0 Å². The normalized spacial score (nSPS) is 24.8. The zero-order valence-electron chi connectivity index (χ0n) is 12.3. The van der Waals surface area contributed by atoms with E-state index in [-0.39, 0.29) is 36.8 Å². The van der Waals surface area contributed by atoms with Gasteiger partial charge in [-0.2, -0.15) is 0 Å². The minimum absolute atomic E-state index is 0. The highest BCUT2D eigenvalue weighted by atomic mass is 35.5. The van der Waals surface area contributed by atoms with Crippen molar-refractivity contribution in [1.82, 2.24) is 10.2 Å². The third-order valence-electron chi connectivity index (χ3n) is 4.14. The van der Waals surface area contributed by atoms with Gasteiger partial charge in [0.25, 0.3) is 0 Å². The van der Waals surface area contributed by atoms with E-state index >= 15 is 0 Å². The minimum atomic E-state index is -0.0407. The zero-order chi connectivity index (χ0) is 13.0. The average Bonchev–Trinajstić information content (AvgIpc) is 2.89. The van der Waals surface area contributed by atoms with Crippen molar-refractivity contribution in [2.75, 3.05) is 19.6 Å². The summed E-state index contributed by atoms with van der Waals surface area (Å²) in [7, 11) is 0. The maximum Gasteiger partial charge on any atom is 0.221 e. The molecule has 2 aliphatic rings. The van der Waals surface area contributed by atoms with E-state index in [1.165, 1.54) is 32.2 Å². The molecule has 1 heterocycles. The molecular weight excluding hydrogens is 297 g/mol. The lowest BCUT2D eigenvalue weighted by Gasteiger charge is -2.20. The molecule has 1 saturated heterocycles. The molecule has 2 unspecified atom stereocenters. The summed E-state index contributed by atoms with van der Waals surface area (Å²) in [6.45, 7) is 5.28. The van der Waals surface area contributed by atoms with Gasteiger partial charge in [-0.3, -0.25) is 4.79 Å². The van der Waals surface area contributed by atoms with Gasteiger partial charge in [0.1, 0.15) is 0 Å². The Balaban J connectivity index is 0.00000180. The quantitative estimate of drug-likeness (QED) is 0.812. The number of nitrogens with two attached hydrogens (primary N) is 1. The first kappa shape index (κ1) is 20.0. The second-order valence-electron chi connectivity index (χ2n) is 6.14. The van der Waals surface area contributed by atoms with Crippen LogP contribution in [0.15, 0.2) is 0 Å². The van der Waals surface area contributed by atoms with Crippen molar-refractivity contribution >= 4 is 30.7 Å². The zero-order valence-corrected chi connectivity index (χ0v) is 14.0. The third-order valence-corrected chi connectivity index (χ3v) is 4.14. The van der Waals surface area contributed by atoms with Gasteiger partial charge < -0.3 is 16.0 Å². The smallest absolute Gasteiger partial charge is 0.221 e. The number of rotatable bonds is 5. The number of amides is 1. The van der Waals surface area contributed by atoms with E-state index in [1.807, 2.05) is 6.92 Å². The average molecular weight is 326 g/mol. The van der Waals surface area contributed by atoms with Crippen molar-refractivity contribution in [2.24, 2.45) is 11.7 Å². The van der Waals surface area contributed by atoms with E-state index < -0.39 is 0 Å². The van der Waals surface area contributed by atoms with Gasteiger partial charge >= 0.3 is 0 Å². The molecule has 120 valence electrons. The SMILES string of the molecule is CC(N)CC(=O)NC1CCN(CC2CCCC2)C1.Cl.Cl. The van der Waals surface area contributed by atoms with Crippen LogP contribution in [0.5, 0.6) is 0 Å². The molecule has 1 aliphatic heterocycles. The van der Waals surface area contributed by atoms with Gasteiger partial charge in [-0.05, 0) is 32.1 Å². The molecule has 0 radical (unpaired) electrons. The van der Waals surface area contributed by atoms with Crippen LogP contribution < -0.4 is 11.1 Å². The molecule has 0 aromatic carbocycles. The number of hydrogen-bond donors (Lipinski definition) is 2. The number of nitrogens with zero attached hydrogens (tertiary/aromatic N) is 1. The summed E-state index contributed by atoms with van der Waals surface area (Å²) < 4.78 is 0. The van der Waals surface area contributed by atoms with E-state index in [0.717, 1.165) is 25.4 Å². The van der Waals surface area contributed by atoms with Crippen molar-refractivity contribution in [3.8, 4) is 0 Å². The molecule has 0 spiro atoms. The second-order valence-corrected chi connectivity index (χ2v) is 6.14. The second kappa shape index (κ2) is 9.82. The Labute approximate surface area is 135 Å². The van der Waals surface area contributed by atoms with Gasteiger partial charge in [0.15, 0.2) is 0 Å². The van der Waals surface area contributed by atoms with Crippen molar-refractivity contribution in [2.45, 2.75) is 57.5 Å². The fourth-order valence-electron chi connectivity index (χ4n) is 3.25. The maximum atomic E-state index is 11.7. The van der Waals surface area contributed by atoms with Crippen LogP contribution in [0.4, 0.5) is 0 Å². The lowest BCUT2D eigenvalue weighted by atomic mass is 10.1. The Morgan fingerprint density at radius 2 is 1.95 bits per heavy atom. The lowest BCUT2D eigenvalue weighted by Crippen LogP contribution is -2.39. The molecule has 6 heteroatoms. The minimum Gasteiger partial charge on any atom is -0.352 e. The summed E-state index contributed by atoms with van der Waals surface area (Å²) >= 11 is 0. The Bertz CT molecular complexity index is 284. The van der Waals surface area contributed by atoms with Gasteiger partial charge in [0, 0.05) is 38.1 Å². The monoisotopic (exact) mass is 325 g/mol. The first-order valence-electron chi connectivity index (χ1n) is 7.41. The van der Waals surface area contributed by atoms with Crippen LogP contribution in [0, 0.1) is 5.92 Å². The molecule has 3 N–H and O–H groups in total. The summed E-state index contributed by atoms with van der Waals surface area (Å²) in [5.41, 5.74) is 5.63. The third kappa shape index (κ3) is 6.61. The van der Waals surface area contributed by atoms with Crippen LogP contribution in [-0.4, -0.2) is 42.5 Å². The van der Waals surface area contributed by atoms with E-state index in [2.05, 4.69) is 10.2 Å². The molecule has 2 rings (SSSR count). The molecule has 20 heavy (non-hydrogen) atoms. The summed E-state index contributed by atoms with van der Waals surface area (Å²) in [5, 5.41) is 3.10. The van der Waals surface area contributed by atoms with E-state index in [0.29, 0.717) is 12.5 Å². The fraction of sp³-hybridized carbons (Fsp3) is 0.929. The van der Waals surface area contributed by atoms with E-state index in [1.54, 1.807) is 0 Å². The number of carbonyl (C=O) groups excluding carboxylic acids is 1. The number of carbonyl (C=O) groups is 1. The molecule has 2 atom stereocenters. The van der Waals surface area contributed by atoms with Gasteiger partial charge in [-0.25, -0.2) is 0 Å². The Kier molecular flexibility index (Phi) is 9.81. The highest BCUT2D eigenvalue weighted by Crippen LogP contribution is 2.26. The van der Waals surface area contributed by atoms with Crippen molar-refractivity contribution in [1.29, 1.82) is 0 Å². The number of likely N-dealkylation sites (tertiary alicyclic amines) is 1. The molecule has 0 aromatic rings. The van der Waals surface area contributed by atoms with Crippen LogP contribution in [-0.2, 0) is 4.79 Å². The Morgan fingerprint density at radius 3 is 2.55 bits per heavy atom. The first-order chi connectivity index (χ1) is 8.63. The predicted molar refractivity (Wildman–Crippen MR) is 87.7 cm³/mol. The summed E-state index contributed by atoms with van der Waals surface area (Å²) in [6.07, 6.45) is 7.16. The number of nitrogens with one attached hydrogen (secondary N) is 1. The Morgan fingerprint density at radius 1 is 1.30 bits per heavy atom.